The predicted octanol–water partition coefficient (Wildman–Crippen LogP) is 2.38. The van der Waals surface area contributed by atoms with Gasteiger partial charge >= 0.3 is 6.03 Å². The third kappa shape index (κ3) is 2.44. The lowest BCUT2D eigenvalue weighted by molar-refractivity contribution is 0.219. The van der Waals surface area contributed by atoms with Crippen LogP contribution in [0.15, 0.2) is 24.3 Å². The molecule has 1 fully saturated rings. The van der Waals surface area contributed by atoms with Gasteiger partial charge in [0.1, 0.15) is 0 Å². The zero-order valence-corrected chi connectivity index (χ0v) is 14.1. The molecule has 2 amide bonds. The van der Waals surface area contributed by atoms with E-state index < -0.39 is 0 Å². The van der Waals surface area contributed by atoms with Crippen LogP contribution in [0, 0.1) is 0 Å². The minimum atomic E-state index is -0.139. The predicted molar refractivity (Wildman–Crippen MR) is 89.9 cm³/mol. The first-order valence-corrected chi connectivity index (χ1v) is 8.51. The van der Waals surface area contributed by atoms with Gasteiger partial charge in [-0.3, -0.25) is 5.32 Å². The molecule has 1 N–H and O–H groups in total. The van der Waals surface area contributed by atoms with Crippen molar-refractivity contribution in [3.8, 4) is 0 Å². The molecule has 1 saturated heterocycles. The fourth-order valence-corrected chi connectivity index (χ4v) is 3.90. The molecule has 1 aliphatic heterocycles. The third-order valence-corrected chi connectivity index (χ3v) is 5.21. The Bertz CT molecular complexity index is 770. The van der Waals surface area contributed by atoms with E-state index >= 15 is 0 Å². The first-order chi connectivity index (χ1) is 11.6. The summed E-state index contributed by atoms with van der Waals surface area (Å²) in [6, 6.07) is 8.61. The third-order valence-electron chi connectivity index (χ3n) is 5.21. The summed E-state index contributed by atoms with van der Waals surface area (Å²) >= 11 is 0. The molecule has 1 spiro atoms. The van der Waals surface area contributed by atoms with Crippen LogP contribution in [0.4, 0.5) is 10.7 Å². The Kier molecular flexibility index (Phi) is 3.51. The number of carbonyl (C=O) groups excluding carboxylic acids is 1. The quantitative estimate of drug-likeness (QED) is 0.919. The standard InChI is InChI=1S/C17H22N6O/c1-12(2)23-20-15(19-21-23)18-16(24)22-10-9-17(11-22)8-7-13-5-3-4-6-14(13)17/h3-6,12H,7-11H2,1-2H3,(H,18,20,24). The zero-order valence-electron chi connectivity index (χ0n) is 14.1. The number of aromatic nitrogens is 4. The van der Waals surface area contributed by atoms with Gasteiger partial charge in [0.25, 0.3) is 5.95 Å². The van der Waals surface area contributed by atoms with E-state index in [1.54, 1.807) is 0 Å². The van der Waals surface area contributed by atoms with Gasteiger partial charge in [0.2, 0.25) is 0 Å². The molecule has 1 aromatic carbocycles. The number of aryl methyl sites for hydroxylation is 1. The van der Waals surface area contributed by atoms with E-state index in [4.69, 9.17) is 0 Å². The van der Waals surface area contributed by atoms with Crippen LogP contribution in [0.2, 0.25) is 0 Å². The maximum atomic E-state index is 12.5. The zero-order chi connectivity index (χ0) is 16.7. The van der Waals surface area contributed by atoms with Crippen LogP contribution in [0.1, 0.15) is 43.9 Å². The lowest BCUT2D eigenvalue weighted by Gasteiger charge is -2.25. The second-order valence-corrected chi connectivity index (χ2v) is 7.07. The number of fused-ring (bicyclic) bond motifs is 2. The van der Waals surface area contributed by atoms with Crippen molar-refractivity contribution in [3.05, 3.63) is 35.4 Å². The molecular weight excluding hydrogens is 304 g/mol. The molecule has 4 rings (SSSR count). The summed E-state index contributed by atoms with van der Waals surface area (Å²) < 4.78 is 0. The maximum Gasteiger partial charge on any atom is 0.324 e. The normalized spacial score (nSPS) is 22.4. The molecule has 2 heterocycles. The van der Waals surface area contributed by atoms with Gasteiger partial charge in [-0.15, -0.1) is 5.10 Å². The van der Waals surface area contributed by atoms with Crippen molar-refractivity contribution >= 4 is 12.0 Å². The largest absolute Gasteiger partial charge is 0.324 e. The number of anilines is 1. The van der Waals surface area contributed by atoms with Crippen LogP contribution in [-0.2, 0) is 11.8 Å². The summed E-state index contributed by atoms with van der Waals surface area (Å²) in [5.74, 6) is 0.265. The summed E-state index contributed by atoms with van der Waals surface area (Å²) in [6.45, 7) is 5.46. The molecule has 0 saturated carbocycles. The number of amides is 2. The average molecular weight is 326 g/mol. The van der Waals surface area contributed by atoms with Crippen molar-refractivity contribution in [2.45, 2.75) is 44.6 Å². The van der Waals surface area contributed by atoms with Gasteiger partial charge in [-0.1, -0.05) is 29.4 Å². The Labute approximate surface area is 141 Å². The SMILES string of the molecule is CC(C)n1nnc(NC(=O)N2CCC3(CCc4ccccc43)C2)n1. The number of likely N-dealkylation sites (tertiary alicyclic amines) is 1. The van der Waals surface area contributed by atoms with Crippen LogP contribution in [0.5, 0.6) is 0 Å². The summed E-state index contributed by atoms with van der Waals surface area (Å²) in [6.07, 6.45) is 3.25. The molecule has 24 heavy (non-hydrogen) atoms. The van der Waals surface area contributed by atoms with Crippen molar-refractivity contribution in [1.29, 1.82) is 0 Å². The number of rotatable bonds is 2. The lowest BCUT2D eigenvalue weighted by Crippen LogP contribution is -2.36. The summed E-state index contributed by atoms with van der Waals surface area (Å²) in [7, 11) is 0. The van der Waals surface area contributed by atoms with Gasteiger partial charge in [-0.05, 0) is 49.5 Å². The van der Waals surface area contributed by atoms with Gasteiger partial charge in [0.15, 0.2) is 0 Å². The van der Waals surface area contributed by atoms with Gasteiger partial charge in [0, 0.05) is 18.5 Å². The van der Waals surface area contributed by atoms with Crippen molar-refractivity contribution in [3.63, 3.8) is 0 Å². The first-order valence-electron chi connectivity index (χ1n) is 8.51. The van der Waals surface area contributed by atoms with Gasteiger partial charge in [-0.25, -0.2) is 4.79 Å². The topological polar surface area (TPSA) is 75.9 Å². The second-order valence-electron chi connectivity index (χ2n) is 7.07. The Hall–Kier alpha value is -2.44. The number of tetrazole rings is 1. The number of hydrogen-bond acceptors (Lipinski definition) is 4. The van der Waals surface area contributed by atoms with Gasteiger partial charge in [-0.2, -0.15) is 4.80 Å². The Balaban J connectivity index is 1.46. The summed E-state index contributed by atoms with van der Waals surface area (Å²) in [4.78, 5) is 15.9. The van der Waals surface area contributed by atoms with Crippen molar-refractivity contribution in [2.75, 3.05) is 18.4 Å². The average Bonchev–Trinajstić information content (AvgIpc) is 3.29. The monoisotopic (exact) mass is 326 g/mol. The number of hydrogen-bond donors (Lipinski definition) is 1. The molecule has 2 aromatic rings. The van der Waals surface area contributed by atoms with E-state index in [1.165, 1.54) is 15.9 Å². The Morgan fingerprint density at radius 2 is 2.12 bits per heavy atom. The fourth-order valence-electron chi connectivity index (χ4n) is 3.90. The highest BCUT2D eigenvalue weighted by molar-refractivity contribution is 5.87. The molecule has 7 heteroatoms. The van der Waals surface area contributed by atoms with Crippen LogP contribution in [0.3, 0.4) is 0 Å². The highest BCUT2D eigenvalue weighted by Gasteiger charge is 2.45. The summed E-state index contributed by atoms with van der Waals surface area (Å²) in [5, 5.41) is 14.8. The van der Waals surface area contributed by atoms with Crippen LogP contribution >= 0.6 is 0 Å². The summed E-state index contributed by atoms with van der Waals surface area (Å²) in [5.41, 5.74) is 2.97. The Morgan fingerprint density at radius 1 is 1.29 bits per heavy atom. The lowest BCUT2D eigenvalue weighted by atomic mass is 9.81. The van der Waals surface area contributed by atoms with Gasteiger partial charge in [0.05, 0.1) is 6.04 Å². The minimum absolute atomic E-state index is 0.119. The molecular formula is C17H22N6O. The molecule has 126 valence electrons. The molecule has 2 aliphatic rings. The van der Waals surface area contributed by atoms with E-state index in [9.17, 15) is 4.79 Å². The van der Waals surface area contributed by atoms with Crippen molar-refractivity contribution in [1.82, 2.24) is 25.1 Å². The highest BCUT2D eigenvalue weighted by Crippen LogP contribution is 2.45. The van der Waals surface area contributed by atoms with Crippen LogP contribution in [0.25, 0.3) is 0 Å². The highest BCUT2D eigenvalue weighted by atomic mass is 16.2. The molecule has 7 nitrogen and oxygen atoms in total. The number of benzene rings is 1. The van der Waals surface area contributed by atoms with E-state index in [0.717, 1.165) is 32.4 Å². The van der Waals surface area contributed by atoms with Crippen LogP contribution < -0.4 is 5.32 Å². The number of nitrogens with zero attached hydrogens (tertiary/aromatic N) is 5. The molecule has 0 radical (unpaired) electrons. The number of nitrogens with one attached hydrogen (secondary N) is 1. The molecule has 1 atom stereocenters. The molecule has 1 aliphatic carbocycles. The number of urea groups is 1. The minimum Gasteiger partial charge on any atom is -0.324 e. The van der Waals surface area contributed by atoms with Crippen molar-refractivity contribution < 1.29 is 4.79 Å². The van der Waals surface area contributed by atoms with Gasteiger partial charge < -0.3 is 4.90 Å². The van der Waals surface area contributed by atoms with E-state index in [0.29, 0.717) is 0 Å². The van der Waals surface area contributed by atoms with E-state index in [1.807, 2.05) is 18.7 Å². The fraction of sp³-hybridized carbons (Fsp3) is 0.529. The van der Waals surface area contributed by atoms with E-state index in [-0.39, 0.29) is 23.4 Å². The number of carbonyl (C=O) groups is 1. The first kappa shape index (κ1) is 15.1. The maximum absolute atomic E-state index is 12.5. The molecule has 0 bridgehead atoms. The van der Waals surface area contributed by atoms with Crippen molar-refractivity contribution in [2.24, 2.45) is 0 Å². The van der Waals surface area contributed by atoms with Crippen LogP contribution in [-0.4, -0.2) is 44.2 Å². The Morgan fingerprint density at radius 3 is 2.92 bits per heavy atom. The molecule has 1 unspecified atom stereocenters. The second kappa shape index (κ2) is 5.58. The smallest absolute Gasteiger partial charge is 0.324 e. The molecule has 1 aromatic heterocycles. The van der Waals surface area contributed by atoms with E-state index in [2.05, 4.69) is 45.0 Å².